The number of benzene rings is 1. The summed E-state index contributed by atoms with van der Waals surface area (Å²) in [5.74, 6) is 0.244. The summed E-state index contributed by atoms with van der Waals surface area (Å²) in [5.41, 5.74) is 0.0343. The number of rotatable bonds is 2. The molecule has 0 spiro atoms. The molecule has 0 saturated carbocycles. The topological polar surface area (TPSA) is 44.0 Å². The first-order chi connectivity index (χ1) is 7.66. The highest BCUT2D eigenvalue weighted by Crippen LogP contribution is 2.05. The molecule has 1 aromatic carbocycles. The van der Waals surface area contributed by atoms with Gasteiger partial charge in [-0.05, 0) is 12.1 Å². The van der Waals surface area contributed by atoms with Crippen molar-refractivity contribution >= 4 is 22.5 Å². The van der Waals surface area contributed by atoms with Crippen LogP contribution in [0.15, 0.2) is 33.9 Å². The second kappa shape index (κ2) is 4.14. The van der Waals surface area contributed by atoms with Gasteiger partial charge in [-0.3, -0.25) is 13.9 Å². The Kier molecular flexibility index (Phi) is 2.83. The Bertz CT molecular complexity index is 642. The van der Waals surface area contributed by atoms with Gasteiger partial charge in [0, 0.05) is 19.5 Å². The molecule has 4 nitrogen and oxygen atoms in total. The standard InChI is InChI=1S/C11H11ClN2O2/c1-13-9-5-3-2-4-8(9)10(15)14(7-6-12)11(13)16/h2-5H,6-7H2,1H3. The molecule has 16 heavy (non-hydrogen) atoms. The highest BCUT2D eigenvalue weighted by molar-refractivity contribution is 6.17. The van der Waals surface area contributed by atoms with Crippen LogP contribution in [0.3, 0.4) is 0 Å². The van der Waals surface area contributed by atoms with E-state index in [4.69, 9.17) is 11.6 Å². The summed E-state index contributed by atoms with van der Waals surface area (Å²) in [4.78, 5) is 23.8. The third kappa shape index (κ3) is 1.55. The molecule has 1 aromatic heterocycles. The van der Waals surface area contributed by atoms with Crippen LogP contribution in [0, 0.1) is 0 Å². The third-order valence-electron chi connectivity index (χ3n) is 2.57. The van der Waals surface area contributed by atoms with Crippen LogP contribution in [0.4, 0.5) is 0 Å². The normalized spacial score (nSPS) is 10.9. The maximum Gasteiger partial charge on any atom is 0.331 e. The second-order valence-electron chi connectivity index (χ2n) is 3.50. The van der Waals surface area contributed by atoms with Crippen LogP contribution in [0.25, 0.3) is 10.9 Å². The number of para-hydroxylation sites is 1. The molecule has 5 heteroatoms. The quantitative estimate of drug-likeness (QED) is 0.731. The molecule has 0 unspecified atom stereocenters. The molecule has 0 saturated heterocycles. The van der Waals surface area contributed by atoms with E-state index < -0.39 is 0 Å². The number of halogens is 1. The van der Waals surface area contributed by atoms with Crippen molar-refractivity contribution in [2.75, 3.05) is 5.88 Å². The number of nitrogens with zero attached hydrogens (tertiary/aromatic N) is 2. The molecule has 0 fully saturated rings. The molecule has 2 aromatic rings. The molecule has 84 valence electrons. The van der Waals surface area contributed by atoms with Crippen LogP contribution in [-0.2, 0) is 13.6 Å². The minimum Gasteiger partial charge on any atom is -0.296 e. The zero-order valence-electron chi connectivity index (χ0n) is 8.81. The van der Waals surface area contributed by atoms with Crippen molar-refractivity contribution in [1.29, 1.82) is 0 Å². The Hall–Kier alpha value is -1.55. The molecular formula is C11H11ClN2O2. The summed E-state index contributed by atoms with van der Waals surface area (Å²) >= 11 is 5.58. The fourth-order valence-corrected chi connectivity index (χ4v) is 1.91. The van der Waals surface area contributed by atoms with Gasteiger partial charge >= 0.3 is 5.69 Å². The van der Waals surface area contributed by atoms with Crippen LogP contribution in [0.1, 0.15) is 0 Å². The highest BCUT2D eigenvalue weighted by Gasteiger charge is 2.09. The molecule has 0 aliphatic carbocycles. The Balaban J connectivity index is 2.95. The molecule has 0 N–H and O–H groups in total. The minimum absolute atomic E-state index is 0.234. The Morgan fingerprint density at radius 3 is 2.62 bits per heavy atom. The lowest BCUT2D eigenvalue weighted by Gasteiger charge is -2.08. The van der Waals surface area contributed by atoms with Crippen molar-refractivity contribution in [2.24, 2.45) is 7.05 Å². The summed E-state index contributed by atoms with van der Waals surface area (Å²) in [6, 6.07) is 7.04. The monoisotopic (exact) mass is 238 g/mol. The number of alkyl halides is 1. The van der Waals surface area contributed by atoms with Crippen LogP contribution < -0.4 is 11.2 Å². The van der Waals surface area contributed by atoms with E-state index in [1.165, 1.54) is 4.57 Å². The van der Waals surface area contributed by atoms with Crippen molar-refractivity contribution in [3.63, 3.8) is 0 Å². The van der Waals surface area contributed by atoms with Crippen molar-refractivity contribution in [3.05, 3.63) is 45.1 Å². The van der Waals surface area contributed by atoms with Gasteiger partial charge in [0.1, 0.15) is 0 Å². The second-order valence-corrected chi connectivity index (χ2v) is 3.88. The fourth-order valence-electron chi connectivity index (χ4n) is 1.75. The van der Waals surface area contributed by atoms with Gasteiger partial charge in [0.15, 0.2) is 0 Å². The van der Waals surface area contributed by atoms with Gasteiger partial charge in [-0.15, -0.1) is 11.6 Å². The lowest BCUT2D eigenvalue weighted by molar-refractivity contribution is 0.643. The van der Waals surface area contributed by atoms with Gasteiger partial charge in [-0.1, -0.05) is 12.1 Å². The van der Waals surface area contributed by atoms with Crippen molar-refractivity contribution in [3.8, 4) is 0 Å². The Morgan fingerprint density at radius 1 is 1.25 bits per heavy atom. The average Bonchev–Trinajstić information content (AvgIpc) is 2.32. The highest BCUT2D eigenvalue weighted by atomic mass is 35.5. The van der Waals surface area contributed by atoms with Gasteiger partial charge in [-0.25, -0.2) is 4.79 Å². The van der Waals surface area contributed by atoms with Crippen molar-refractivity contribution in [1.82, 2.24) is 9.13 Å². The van der Waals surface area contributed by atoms with Crippen LogP contribution in [0.5, 0.6) is 0 Å². The van der Waals surface area contributed by atoms with Crippen molar-refractivity contribution in [2.45, 2.75) is 6.54 Å². The van der Waals surface area contributed by atoms with E-state index in [2.05, 4.69) is 0 Å². The molecule has 0 bridgehead atoms. The molecule has 2 rings (SSSR count). The van der Waals surface area contributed by atoms with E-state index in [1.807, 2.05) is 0 Å². The van der Waals surface area contributed by atoms with E-state index in [-0.39, 0.29) is 23.7 Å². The zero-order chi connectivity index (χ0) is 11.7. The number of aryl methyl sites for hydroxylation is 1. The summed E-state index contributed by atoms with van der Waals surface area (Å²) in [7, 11) is 1.65. The van der Waals surface area contributed by atoms with E-state index in [0.29, 0.717) is 10.9 Å². The number of fused-ring (bicyclic) bond motifs is 1. The summed E-state index contributed by atoms with van der Waals surface area (Å²) in [6.07, 6.45) is 0. The smallest absolute Gasteiger partial charge is 0.296 e. The third-order valence-corrected chi connectivity index (χ3v) is 2.74. The first kappa shape index (κ1) is 11.0. The summed E-state index contributed by atoms with van der Waals surface area (Å²) < 4.78 is 2.62. The number of hydrogen-bond donors (Lipinski definition) is 0. The Labute approximate surface area is 96.7 Å². The largest absolute Gasteiger partial charge is 0.331 e. The molecule has 0 amide bonds. The van der Waals surface area contributed by atoms with Gasteiger partial charge in [0.2, 0.25) is 0 Å². The molecule has 0 aliphatic heterocycles. The minimum atomic E-state index is -0.329. The fraction of sp³-hybridized carbons (Fsp3) is 0.273. The predicted molar refractivity (Wildman–Crippen MR) is 64.2 cm³/mol. The number of aromatic nitrogens is 2. The lowest BCUT2D eigenvalue weighted by Crippen LogP contribution is -2.39. The van der Waals surface area contributed by atoms with Crippen LogP contribution in [-0.4, -0.2) is 15.0 Å². The van der Waals surface area contributed by atoms with Gasteiger partial charge < -0.3 is 0 Å². The summed E-state index contributed by atoms with van der Waals surface area (Å²) in [6.45, 7) is 0.234. The molecule has 0 atom stereocenters. The van der Waals surface area contributed by atoms with E-state index >= 15 is 0 Å². The summed E-state index contributed by atoms with van der Waals surface area (Å²) in [5, 5.41) is 0.537. The number of hydrogen-bond acceptors (Lipinski definition) is 2. The van der Waals surface area contributed by atoms with Gasteiger partial charge in [0.25, 0.3) is 5.56 Å². The molecule has 0 aliphatic rings. The first-order valence-electron chi connectivity index (χ1n) is 4.91. The Morgan fingerprint density at radius 2 is 1.94 bits per heavy atom. The maximum atomic E-state index is 12.0. The SMILES string of the molecule is Cn1c(=O)n(CCCl)c(=O)c2ccccc21. The average molecular weight is 239 g/mol. The first-order valence-corrected chi connectivity index (χ1v) is 5.45. The molecule has 1 heterocycles. The van der Waals surface area contributed by atoms with Gasteiger partial charge in [0.05, 0.1) is 10.9 Å². The van der Waals surface area contributed by atoms with E-state index in [9.17, 15) is 9.59 Å². The lowest BCUT2D eigenvalue weighted by atomic mass is 10.2. The molecular weight excluding hydrogens is 228 g/mol. The predicted octanol–water partition coefficient (Wildman–Crippen LogP) is 0.939. The van der Waals surface area contributed by atoms with Crippen molar-refractivity contribution < 1.29 is 0 Å². The van der Waals surface area contributed by atoms with Crippen LogP contribution >= 0.6 is 11.6 Å². The van der Waals surface area contributed by atoms with E-state index in [0.717, 1.165) is 4.57 Å². The zero-order valence-corrected chi connectivity index (χ0v) is 9.57. The van der Waals surface area contributed by atoms with Crippen LogP contribution in [0.2, 0.25) is 0 Å². The van der Waals surface area contributed by atoms with E-state index in [1.54, 1.807) is 31.3 Å². The maximum absolute atomic E-state index is 12.0. The van der Waals surface area contributed by atoms with Gasteiger partial charge in [-0.2, -0.15) is 0 Å². The molecule has 0 radical (unpaired) electrons.